The van der Waals surface area contributed by atoms with Gasteiger partial charge in [-0.15, -0.1) is 0 Å². The van der Waals surface area contributed by atoms with Crippen LogP contribution >= 0.6 is 0 Å². The summed E-state index contributed by atoms with van der Waals surface area (Å²) >= 11 is 0. The van der Waals surface area contributed by atoms with Gasteiger partial charge in [-0.25, -0.2) is 8.42 Å². The lowest BCUT2D eigenvalue weighted by atomic mass is 10.2. The van der Waals surface area contributed by atoms with Crippen LogP contribution in [-0.2, 0) is 10.7 Å². The van der Waals surface area contributed by atoms with Crippen molar-refractivity contribution in [3.8, 4) is 0 Å². The molecule has 13 heavy (non-hydrogen) atoms. The maximum absolute atomic E-state index is 10.6. The normalized spacial score (nSPS) is 10.3. The standard InChI is InChI=1S/C7H7NO4S/c1-5-2-3-6(8(9)10)4-7(5)13(11)12/h2-4,13H,1H3. The van der Waals surface area contributed by atoms with Crippen LogP contribution in [0.1, 0.15) is 5.56 Å². The van der Waals surface area contributed by atoms with Gasteiger partial charge in [0, 0.05) is 12.1 Å². The van der Waals surface area contributed by atoms with Crippen molar-refractivity contribution < 1.29 is 13.3 Å². The Labute approximate surface area is 76.1 Å². The fraction of sp³-hybridized carbons (Fsp3) is 0.143. The van der Waals surface area contributed by atoms with Crippen LogP contribution in [0.25, 0.3) is 0 Å². The number of aryl methyl sites for hydroxylation is 1. The van der Waals surface area contributed by atoms with Gasteiger partial charge in [-0.2, -0.15) is 0 Å². The van der Waals surface area contributed by atoms with Crippen molar-refractivity contribution >= 4 is 16.4 Å². The Kier molecular flexibility index (Phi) is 2.62. The molecule has 0 aliphatic heterocycles. The maximum Gasteiger partial charge on any atom is 0.270 e. The van der Waals surface area contributed by atoms with Crippen LogP contribution in [0.3, 0.4) is 0 Å². The molecule has 1 rings (SSSR count). The average molecular weight is 201 g/mol. The molecule has 0 spiro atoms. The summed E-state index contributed by atoms with van der Waals surface area (Å²) in [6.45, 7) is 1.59. The number of nitro groups is 1. The topological polar surface area (TPSA) is 77.3 Å². The summed E-state index contributed by atoms with van der Waals surface area (Å²) in [5, 5.41) is 10.3. The Hall–Kier alpha value is -1.43. The molecule has 0 amide bonds. The largest absolute Gasteiger partial charge is 0.270 e. The van der Waals surface area contributed by atoms with Gasteiger partial charge in [-0.3, -0.25) is 10.1 Å². The van der Waals surface area contributed by atoms with Gasteiger partial charge in [-0.1, -0.05) is 6.07 Å². The van der Waals surface area contributed by atoms with Crippen LogP contribution in [-0.4, -0.2) is 13.3 Å². The number of thiol groups is 1. The van der Waals surface area contributed by atoms with Crippen LogP contribution in [0.5, 0.6) is 0 Å². The van der Waals surface area contributed by atoms with Gasteiger partial charge < -0.3 is 0 Å². The van der Waals surface area contributed by atoms with E-state index in [1.54, 1.807) is 6.92 Å². The first-order chi connectivity index (χ1) is 6.02. The predicted molar refractivity (Wildman–Crippen MR) is 46.4 cm³/mol. The molecule has 0 saturated carbocycles. The molecular formula is C7H7NO4S. The van der Waals surface area contributed by atoms with Gasteiger partial charge in [0.25, 0.3) is 5.69 Å². The van der Waals surface area contributed by atoms with Crippen LogP contribution in [0, 0.1) is 17.0 Å². The van der Waals surface area contributed by atoms with Gasteiger partial charge in [0.05, 0.1) is 9.82 Å². The summed E-state index contributed by atoms with van der Waals surface area (Å²) in [5.41, 5.74) is 0.307. The second-order valence-electron chi connectivity index (χ2n) is 2.49. The number of non-ortho nitro benzene ring substituents is 1. The number of rotatable bonds is 2. The van der Waals surface area contributed by atoms with E-state index in [4.69, 9.17) is 0 Å². The smallest absolute Gasteiger partial charge is 0.258 e. The van der Waals surface area contributed by atoms with Crippen molar-refractivity contribution in [2.75, 3.05) is 0 Å². The first kappa shape index (κ1) is 9.66. The molecule has 0 bridgehead atoms. The molecule has 0 aliphatic rings. The number of hydrogen-bond donors (Lipinski definition) is 1. The lowest BCUT2D eigenvalue weighted by molar-refractivity contribution is -0.385. The molecule has 0 fully saturated rings. The summed E-state index contributed by atoms with van der Waals surface area (Å²) in [6, 6.07) is 3.75. The van der Waals surface area contributed by atoms with Crippen molar-refractivity contribution in [2.45, 2.75) is 11.8 Å². The van der Waals surface area contributed by atoms with Crippen molar-refractivity contribution in [1.29, 1.82) is 0 Å². The zero-order chi connectivity index (χ0) is 10.0. The highest BCUT2D eigenvalue weighted by atomic mass is 32.2. The van der Waals surface area contributed by atoms with Crippen LogP contribution in [0.4, 0.5) is 5.69 Å². The monoisotopic (exact) mass is 201 g/mol. The van der Waals surface area contributed by atoms with Crippen molar-refractivity contribution in [3.63, 3.8) is 0 Å². The highest BCUT2D eigenvalue weighted by Crippen LogP contribution is 2.17. The van der Waals surface area contributed by atoms with Crippen LogP contribution in [0.2, 0.25) is 0 Å². The first-order valence-electron chi connectivity index (χ1n) is 3.42. The molecule has 0 aromatic heterocycles. The highest BCUT2D eigenvalue weighted by Gasteiger charge is 2.09. The zero-order valence-electron chi connectivity index (χ0n) is 6.76. The Balaban J connectivity index is 3.35. The molecule has 0 radical (unpaired) electrons. The third-order valence-electron chi connectivity index (χ3n) is 1.60. The highest BCUT2D eigenvalue weighted by molar-refractivity contribution is 7.72. The molecule has 0 N–H and O–H groups in total. The predicted octanol–water partition coefficient (Wildman–Crippen LogP) is 0.874. The summed E-state index contributed by atoms with van der Waals surface area (Å²) in [4.78, 5) is 9.68. The second-order valence-corrected chi connectivity index (χ2v) is 3.48. The number of hydrogen-bond acceptors (Lipinski definition) is 4. The Morgan fingerprint density at radius 2 is 2.00 bits per heavy atom. The lowest BCUT2D eigenvalue weighted by Gasteiger charge is -1.96. The van der Waals surface area contributed by atoms with Crippen molar-refractivity contribution in [1.82, 2.24) is 0 Å². The van der Waals surface area contributed by atoms with Gasteiger partial charge in [0.1, 0.15) is 0 Å². The number of nitrogens with zero attached hydrogens (tertiary/aromatic N) is 1. The SMILES string of the molecule is Cc1ccc([N+](=O)[O-])cc1[SH](=O)=O. The van der Waals surface area contributed by atoms with E-state index in [2.05, 4.69) is 0 Å². The molecular weight excluding hydrogens is 194 g/mol. The molecule has 0 aliphatic carbocycles. The molecule has 6 heteroatoms. The van der Waals surface area contributed by atoms with Crippen LogP contribution < -0.4 is 0 Å². The lowest BCUT2D eigenvalue weighted by Crippen LogP contribution is -1.91. The fourth-order valence-corrected chi connectivity index (χ4v) is 1.51. The van der Waals surface area contributed by atoms with Crippen LogP contribution in [0.15, 0.2) is 23.1 Å². The van der Waals surface area contributed by atoms with E-state index >= 15 is 0 Å². The van der Waals surface area contributed by atoms with Gasteiger partial charge in [-0.05, 0) is 12.5 Å². The third kappa shape index (κ3) is 2.03. The van der Waals surface area contributed by atoms with E-state index in [-0.39, 0.29) is 10.6 Å². The minimum Gasteiger partial charge on any atom is -0.258 e. The van der Waals surface area contributed by atoms with Gasteiger partial charge in [0.2, 0.25) is 0 Å². The molecule has 0 atom stereocenters. The van der Waals surface area contributed by atoms with E-state index in [0.717, 1.165) is 6.07 Å². The molecule has 70 valence electrons. The van der Waals surface area contributed by atoms with Gasteiger partial charge >= 0.3 is 0 Å². The summed E-state index contributed by atoms with van der Waals surface area (Å²) < 4.78 is 21.2. The van der Waals surface area contributed by atoms with E-state index in [1.165, 1.54) is 12.1 Å². The molecule has 0 saturated heterocycles. The Morgan fingerprint density at radius 3 is 2.46 bits per heavy atom. The molecule has 0 unspecified atom stereocenters. The average Bonchev–Trinajstić information content (AvgIpc) is 2.04. The van der Waals surface area contributed by atoms with Crippen molar-refractivity contribution in [3.05, 3.63) is 33.9 Å². The van der Waals surface area contributed by atoms with E-state index in [9.17, 15) is 18.5 Å². The van der Waals surface area contributed by atoms with Crippen molar-refractivity contribution in [2.24, 2.45) is 0 Å². The van der Waals surface area contributed by atoms with E-state index in [0.29, 0.717) is 5.56 Å². The Morgan fingerprint density at radius 1 is 1.38 bits per heavy atom. The summed E-state index contributed by atoms with van der Waals surface area (Å²) in [7, 11) is -2.76. The number of nitro benzene ring substituents is 1. The summed E-state index contributed by atoms with van der Waals surface area (Å²) in [5.74, 6) is 0. The zero-order valence-corrected chi connectivity index (χ0v) is 7.65. The minimum absolute atomic E-state index is 0.00389. The molecule has 1 aromatic carbocycles. The third-order valence-corrected chi connectivity index (χ3v) is 2.48. The fourth-order valence-electron chi connectivity index (χ4n) is 0.908. The van der Waals surface area contributed by atoms with E-state index in [1.807, 2.05) is 0 Å². The number of benzene rings is 1. The maximum atomic E-state index is 10.6. The molecule has 5 nitrogen and oxygen atoms in total. The summed E-state index contributed by atoms with van der Waals surface area (Å²) in [6.07, 6.45) is 0. The second kappa shape index (κ2) is 3.53. The first-order valence-corrected chi connectivity index (χ1v) is 4.59. The quantitative estimate of drug-likeness (QED) is 0.437. The van der Waals surface area contributed by atoms with E-state index < -0.39 is 15.6 Å². The Bertz CT molecular complexity index is 417. The minimum atomic E-state index is -2.76. The molecule has 1 aromatic rings. The van der Waals surface area contributed by atoms with Gasteiger partial charge in [0.15, 0.2) is 10.7 Å². The molecule has 0 heterocycles.